The van der Waals surface area contributed by atoms with Crippen LogP contribution in [0.3, 0.4) is 0 Å². The van der Waals surface area contributed by atoms with Gasteiger partial charge in [-0.05, 0) is 51.3 Å². The van der Waals surface area contributed by atoms with Gasteiger partial charge in [-0.25, -0.2) is 0 Å². The first-order valence-electron chi connectivity index (χ1n) is 9.03. The molecule has 1 aromatic heterocycles. The molecule has 0 spiro atoms. The molecule has 1 atom stereocenters. The minimum Gasteiger partial charge on any atom is -0.357 e. The molecule has 0 amide bonds. The molecule has 2 heterocycles. The third-order valence-corrected chi connectivity index (χ3v) is 4.18. The van der Waals surface area contributed by atoms with Crippen LogP contribution in [0.15, 0.2) is 23.5 Å². The molecule has 1 aliphatic rings. The fourth-order valence-electron chi connectivity index (χ4n) is 3.02. The second kappa shape index (κ2) is 10.3. The molecule has 0 saturated carbocycles. The molecule has 1 unspecified atom stereocenters. The Bertz CT molecular complexity index is 442. The van der Waals surface area contributed by atoms with E-state index < -0.39 is 0 Å². The van der Waals surface area contributed by atoms with E-state index in [9.17, 15) is 0 Å². The van der Waals surface area contributed by atoms with E-state index in [0.717, 1.165) is 38.6 Å². The van der Waals surface area contributed by atoms with Gasteiger partial charge in [0.15, 0.2) is 5.96 Å². The molecule has 0 radical (unpaired) electrons. The first-order chi connectivity index (χ1) is 11.3. The SMILES string of the molecule is CCCN1CCC(CN=C(NCC)NCCCn2cccn2)C1. The van der Waals surface area contributed by atoms with Crippen molar-refractivity contribution in [2.75, 3.05) is 39.3 Å². The normalized spacial score (nSPS) is 19.2. The standard InChI is InChI=1S/C17H32N6/c1-3-10-22-13-7-16(15-22)14-20-17(18-4-2)19-8-5-11-23-12-6-9-21-23/h6,9,12,16H,3-5,7-8,10-11,13-15H2,1-2H3,(H2,18,19,20). The summed E-state index contributed by atoms with van der Waals surface area (Å²) in [5.74, 6) is 1.66. The molecule has 1 aromatic rings. The Morgan fingerprint density at radius 3 is 2.96 bits per heavy atom. The van der Waals surface area contributed by atoms with E-state index in [1.54, 1.807) is 0 Å². The highest BCUT2D eigenvalue weighted by atomic mass is 15.3. The minimum atomic E-state index is 0.709. The lowest BCUT2D eigenvalue weighted by molar-refractivity contribution is 0.326. The topological polar surface area (TPSA) is 57.5 Å². The molecule has 1 fully saturated rings. The molecule has 130 valence electrons. The summed E-state index contributed by atoms with van der Waals surface area (Å²) < 4.78 is 1.96. The van der Waals surface area contributed by atoms with Crippen LogP contribution < -0.4 is 10.6 Å². The first-order valence-corrected chi connectivity index (χ1v) is 9.03. The number of hydrogen-bond donors (Lipinski definition) is 2. The zero-order valence-electron chi connectivity index (χ0n) is 14.7. The van der Waals surface area contributed by atoms with Crippen molar-refractivity contribution < 1.29 is 0 Å². The molecule has 6 nitrogen and oxygen atoms in total. The van der Waals surface area contributed by atoms with Gasteiger partial charge in [-0.2, -0.15) is 5.10 Å². The van der Waals surface area contributed by atoms with Crippen molar-refractivity contribution in [2.45, 2.75) is 39.7 Å². The van der Waals surface area contributed by atoms with Crippen molar-refractivity contribution in [1.29, 1.82) is 0 Å². The predicted molar refractivity (Wildman–Crippen MR) is 95.7 cm³/mol. The van der Waals surface area contributed by atoms with Crippen LogP contribution in [0.25, 0.3) is 0 Å². The highest BCUT2D eigenvalue weighted by Gasteiger charge is 2.21. The number of guanidine groups is 1. The molecule has 1 aliphatic heterocycles. The third kappa shape index (κ3) is 6.60. The molecule has 0 aromatic carbocycles. The fourth-order valence-corrected chi connectivity index (χ4v) is 3.02. The number of likely N-dealkylation sites (tertiary alicyclic amines) is 1. The maximum atomic E-state index is 4.77. The maximum Gasteiger partial charge on any atom is 0.191 e. The maximum absolute atomic E-state index is 4.77. The van der Waals surface area contributed by atoms with Gasteiger partial charge in [-0.3, -0.25) is 9.67 Å². The van der Waals surface area contributed by atoms with Crippen LogP contribution in [0.4, 0.5) is 0 Å². The van der Waals surface area contributed by atoms with Crippen molar-refractivity contribution >= 4 is 5.96 Å². The quantitative estimate of drug-likeness (QED) is 0.412. The molecule has 2 N–H and O–H groups in total. The summed E-state index contributed by atoms with van der Waals surface area (Å²) in [5, 5.41) is 11.0. The summed E-state index contributed by atoms with van der Waals surface area (Å²) in [6, 6.07) is 1.96. The molecular weight excluding hydrogens is 288 g/mol. The first kappa shape index (κ1) is 17.8. The molecular formula is C17H32N6. The number of nitrogens with one attached hydrogen (secondary N) is 2. The van der Waals surface area contributed by atoms with Crippen LogP contribution in [0.5, 0.6) is 0 Å². The van der Waals surface area contributed by atoms with Crippen LogP contribution in [0.2, 0.25) is 0 Å². The zero-order chi connectivity index (χ0) is 16.3. The van der Waals surface area contributed by atoms with E-state index in [1.807, 2.05) is 23.1 Å². The van der Waals surface area contributed by atoms with E-state index in [2.05, 4.69) is 34.5 Å². The van der Waals surface area contributed by atoms with Gasteiger partial charge in [0.1, 0.15) is 0 Å². The molecule has 0 aliphatic carbocycles. The Kier molecular flexibility index (Phi) is 7.93. The number of nitrogens with zero attached hydrogens (tertiary/aromatic N) is 4. The summed E-state index contributed by atoms with van der Waals surface area (Å²) in [4.78, 5) is 7.33. The highest BCUT2D eigenvalue weighted by molar-refractivity contribution is 5.79. The van der Waals surface area contributed by atoms with Crippen molar-refractivity contribution in [1.82, 2.24) is 25.3 Å². The molecule has 1 saturated heterocycles. The Balaban J connectivity index is 1.67. The molecule has 6 heteroatoms. The number of aromatic nitrogens is 2. The van der Waals surface area contributed by atoms with E-state index in [0.29, 0.717) is 5.92 Å². The lowest BCUT2D eigenvalue weighted by atomic mass is 10.1. The molecule has 2 rings (SSSR count). The number of aryl methyl sites for hydroxylation is 1. The van der Waals surface area contributed by atoms with Gasteiger partial charge < -0.3 is 15.5 Å². The minimum absolute atomic E-state index is 0.709. The van der Waals surface area contributed by atoms with E-state index >= 15 is 0 Å². The average Bonchev–Trinajstić information content (AvgIpc) is 3.21. The number of aliphatic imine (C=N–C) groups is 1. The van der Waals surface area contributed by atoms with Crippen LogP contribution in [-0.2, 0) is 6.54 Å². The summed E-state index contributed by atoms with van der Waals surface area (Å²) in [7, 11) is 0. The van der Waals surface area contributed by atoms with Gasteiger partial charge in [-0.1, -0.05) is 6.92 Å². The van der Waals surface area contributed by atoms with Gasteiger partial charge in [0.05, 0.1) is 0 Å². The summed E-state index contributed by atoms with van der Waals surface area (Å²) in [5.41, 5.74) is 0. The Labute approximate surface area is 140 Å². The van der Waals surface area contributed by atoms with Gasteiger partial charge in [0.2, 0.25) is 0 Å². The lowest BCUT2D eigenvalue weighted by Crippen LogP contribution is -2.38. The summed E-state index contributed by atoms with van der Waals surface area (Å²) in [6.07, 6.45) is 7.39. The van der Waals surface area contributed by atoms with Crippen LogP contribution in [0.1, 0.15) is 33.1 Å². The number of rotatable bonds is 9. The van der Waals surface area contributed by atoms with Crippen molar-refractivity contribution in [3.63, 3.8) is 0 Å². The van der Waals surface area contributed by atoms with Crippen LogP contribution in [-0.4, -0.2) is 59.9 Å². The Morgan fingerprint density at radius 2 is 2.22 bits per heavy atom. The van der Waals surface area contributed by atoms with Crippen molar-refractivity contribution in [2.24, 2.45) is 10.9 Å². The smallest absolute Gasteiger partial charge is 0.191 e. The second-order valence-electron chi connectivity index (χ2n) is 6.22. The number of hydrogen-bond acceptors (Lipinski definition) is 3. The van der Waals surface area contributed by atoms with E-state index in [-0.39, 0.29) is 0 Å². The Morgan fingerprint density at radius 1 is 1.30 bits per heavy atom. The summed E-state index contributed by atoms with van der Waals surface area (Å²) in [6.45, 7) is 11.7. The van der Waals surface area contributed by atoms with Crippen LogP contribution >= 0.6 is 0 Å². The van der Waals surface area contributed by atoms with Gasteiger partial charge in [0, 0.05) is 45.1 Å². The van der Waals surface area contributed by atoms with Gasteiger partial charge >= 0.3 is 0 Å². The largest absolute Gasteiger partial charge is 0.357 e. The highest BCUT2D eigenvalue weighted by Crippen LogP contribution is 2.16. The monoisotopic (exact) mass is 320 g/mol. The van der Waals surface area contributed by atoms with Gasteiger partial charge in [-0.15, -0.1) is 0 Å². The zero-order valence-corrected chi connectivity index (χ0v) is 14.7. The average molecular weight is 320 g/mol. The van der Waals surface area contributed by atoms with E-state index in [4.69, 9.17) is 4.99 Å². The third-order valence-electron chi connectivity index (χ3n) is 4.18. The fraction of sp³-hybridized carbons (Fsp3) is 0.765. The predicted octanol–water partition coefficient (Wildman–Crippen LogP) is 1.56. The molecule has 23 heavy (non-hydrogen) atoms. The van der Waals surface area contributed by atoms with Crippen molar-refractivity contribution in [3.8, 4) is 0 Å². The van der Waals surface area contributed by atoms with Crippen molar-refractivity contribution in [3.05, 3.63) is 18.5 Å². The Hall–Kier alpha value is -1.56. The van der Waals surface area contributed by atoms with Gasteiger partial charge in [0.25, 0.3) is 0 Å². The lowest BCUT2D eigenvalue weighted by Gasteiger charge is -2.15. The second-order valence-corrected chi connectivity index (χ2v) is 6.22. The van der Waals surface area contributed by atoms with Crippen LogP contribution in [0, 0.1) is 5.92 Å². The molecule has 0 bridgehead atoms. The summed E-state index contributed by atoms with van der Waals surface area (Å²) >= 11 is 0. The van der Waals surface area contributed by atoms with E-state index in [1.165, 1.54) is 32.5 Å².